The van der Waals surface area contributed by atoms with E-state index >= 15 is 0 Å². The van der Waals surface area contributed by atoms with Gasteiger partial charge in [0.1, 0.15) is 6.04 Å². The number of nitrogens with two attached hydrogens (primary N) is 1. The van der Waals surface area contributed by atoms with E-state index in [2.05, 4.69) is 6.07 Å². The number of nitriles is 1. The maximum atomic E-state index is 13.2. The highest BCUT2D eigenvalue weighted by atomic mass is 16.3. The van der Waals surface area contributed by atoms with Gasteiger partial charge in [-0.05, 0) is 56.8 Å². The van der Waals surface area contributed by atoms with E-state index in [1.54, 1.807) is 4.90 Å². The third-order valence-corrected chi connectivity index (χ3v) is 7.49. The Balaban J connectivity index is 1.45. The number of likely N-dealkylation sites (tertiary alicyclic amines) is 1. The monoisotopic (exact) mass is 331 g/mol. The highest BCUT2D eigenvalue weighted by Gasteiger charge is 2.66. The molecular weight excluding hydrogens is 306 g/mol. The summed E-state index contributed by atoms with van der Waals surface area (Å²) in [6, 6.07) is 1.36. The third kappa shape index (κ3) is 1.89. The lowest BCUT2D eigenvalue weighted by atomic mass is 9.44. The Morgan fingerprint density at radius 2 is 1.83 bits per heavy atom. The van der Waals surface area contributed by atoms with Gasteiger partial charge in [0.05, 0.1) is 23.3 Å². The van der Waals surface area contributed by atoms with Crippen LogP contribution in [0, 0.1) is 28.6 Å². The van der Waals surface area contributed by atoms with Gasteiger partial charge in [0.15, 0.2) is 0 Å². The second-order valence-electron chi connectivity index (χ2n) is 9.49. The zero-order chi connectivity index (χ0) is 16.9. The van der Waals surface area contributed by atoms with Gasteiger partial charge in [-0.2, -0.15) is 5.26 Å². The molecule has 24 heavy (non-hydrogen) atoms. The standard InChI is InChI=1S/C18H25N3O3/c19-6-12-1-11-2-13(11)21(12)15(22)14(20)16-3-10-4-17(23,7-16)9-18(24,5-10)8-16/h10-14,23-24H,1-5,7-9,20H2/t10?,11-,12-,13+,14-,16?,17-,18+/m1/s1. The Kier molecular flexibility index (Phi) is 2.72. The second kappa shape index (κ2) is 4.32. The summed E-state index contributed by atoms with van der Waals surface area (Å²) in [4.78, 5) is 14.9. The van der Waals surface area contributed by atoms with Crippen LogP contribution in [0.15, 0.2) is 0 Å². The Morgan fingerprint density at radius 1 is 1.17 bits per heavy atom. The minimum absolute atomic E-state index is 0.138. The lowest BCUT2D eigenvalue weighted by molar-refractivity contribution is -0.234. The Morgan fingerprint density at radius 3 is 2.42 bits per heavy atom. The number of amides is 1. The molecule has 6 rings (SSSR count). The average molecular weight is 331 g/mol. The van der Waals surface area contributed by atoms with Crippen molar-refractivity contribution in [3.8, 4) is 6.07 Å². The van der Waals surface area contributed by atoms with Gasteiger partial charge in [0.25, 0.3) is 0 Å². The third-order valence-electron chi connectivity index (χ3n) is 7.49. The maximum Gasteiger partial charge on any atom is 0.241 e. The zero-order valence-corrected chi connectivity index (χ0v) is 13.8. The lowest BCUT2D eigenvalue weighted by Crippen LogP contribution is -2.69. The van der Waals surface area contributed by atoms with Crippen LogP contribution in [-0.2, 0) is 4.79 Å². The number of carbonyl (C=O) groups is 1. The van der Waals surface area contributed by atoms with Crippen LogP contribution in [0.5, 0.6) is 0 Å². The van der Waals surface area contributed by atoms with E-state index in [9.17, 15) is 20.3 Å². The highest BCUT2D eigenvalue weighted by molar-refractivity contribution is 5.84. The number of hydrogen-bond donors (Lipinski definition) is 3. The number of hydrogen-bond acceptors (Lipinski definition) is 5. The molecule has 2 unspecified atom stereocenters. The van der Waals surface area contributed by atoms with E-state index in [1.807, 2.05) is 0 Å². The second-order valence-corrected chi connectivity index (χ2v) is 9.49. The Bertz CT molecular complexity index is 640. The van der Waals surface area contributed by atoms with E-state index < -0.39 is 22.7 Å². The van der Waals surface area contributed by atoms with Gasteiger partial charge < -0.3 is 20.8 Å². The van der Waals surface area contributed by atoms with E-state index in [1.165, 1.54) is 0 Å². The smallest absolute Gasteiger partial charge is 0.241 e. The normalized spacial score (nSPS) is 55.2. The van der Waals surface area contributed by atoms with Gasteiger partial charge in [-0.1, -0.05) is 0 Å². The van der Waals surface area contributed by atoms with Gasteiger partial charge in [-0.3, -0.25) is 4.79 Å². The number of fused-ring (bicyclic) bond motifs is 1. The number of nitrogens with zero attached hydrogens (tertiary/aromatic N) is 2. The SMILES string of the molecule is N#C[C@H]1C[C@@H]2C[C@@H]2N1C(=O)[C@@H](N)C12CC3C[C@@](O)(C1)C[C@](O)(C3)C2. The molecule has 1 heterocycles. The van der Waals surface area contributed by atoms with Crippen LogP contribution < -0.4 is 5.73 Å². The Hall–Kier alpha value is -1.16. The molecule has 4 N–H and O–H groups in total. The van der Waals surface area contributed by atoms with Crippen molar-refractivity contribution in [3.05, 3.63) is 0 Å². The van der Waals surface area contributed by atoms with E-state index in [0.717, 1.165) is 19.3 Å². The highest BCUT2D eigenvalue weighted by Crippen LogP contribution is 2.64. The molecular formula is C18H25N3O3. The first-order valence-electron chi connectivity index (χ1n) is 9.19. The summed E-state index contributed by atoms with van der Waals surface area (Å²) in [5, 5.41) is 31.1. The molecule has 5 aliphatic carbocycles. The zero-order valence-electron chi connectivity index (χ0n) is 13.8. The van der Waals surface area contributed by atoms with Gasteiger partial charge in [0.2, 0.25) is 5.91 Å². The summed E-state index contributed by atoms with van der Waals surface area (Å²) in [5.41, 5.74) is 4.21. The molecule has 6 aliphatic rings. The van der Waals surface area contributed by atoms with Crippen molar-refractivity contribution in [2.75, 3.05) is 0 Å². The van der Waals surface area contributed by atoms with Crippen molar-refractivity contribution in [1.82, 2.24) is 4.90 Å². The average Bonchev–Trinajstić information content (AvgIpc) is 3.12. The van der Waals surface area contributed by atoms with Crippen molar-refractivity contribution in [2.24, 2.45) is 23.0 Å². The number of aliphatic hydroxyl groups is 2. The predicted molar refractivity (Wildman–Crippen MR) is 84.3 cm³/mol. The van der Waals surface area contributed by atoms with Crippen molar-refractivity contribution in [3.63, 3.8) is 0 Å². The molecule has 0 radical (unpaired) electrons. The molecule has 5 saturated carbocycles. The minimum atomic E-state index is -0.881. The molecule has 4 bridgehead atoms. The largest absolute Gasteiger partial charge is 0.390 e. The molecule has 6 nitrogen and oxygen atoms in total. The van der Waals surface area contributed by atoms with Crippen LogP contribution in [0.3, 0.4) is 0 Å². The molecule has 6 heteroatoms. The number of piperidine rings is 1. The molecule has 1 aliphatic heterocycles. The molecule has 0 aromatic carbocycles. The van der Waals surface area contributed by atoms with Crippen LogP contribution in [0.4, 0.5) is 0 Å². The summed E-state index contributed by atoms with van der Waals surface area (Å²) in [5.74, 6) is 0.574. The van der Waals surface area contributed by atoms with Crippen LogP contribution in [-0.4, -0.2) is 50.3 Å². The summed E-state index contributed by atoms with van der Waals surface area (Å²) in [6.07, 6.45) is 5.41. The molecule has 1 amide bonds. The minimum Gasteiger partial charge on any atom is -0.390 e. The first-order chi connectivity index (χ1) is 11.3. The van der Waals surface area contributed by atoms with Gasteiger partial charge >= 0.3 is 0 Å². The van der Waals surface area contributed by atoms with Gasteiger partial charge in [-0.25, -0.2) is 0 Å². The summed E-state index contributed by atoms with van der Waals surface area (Å²) in [7, 11) is 0. The van der Waals surface area contributed by atoms with E-state index in [-0.39, 0.29) is 23.9 Å². The fourth-order valence-corrected chi connectivity index (χ4v) is 7.07. The van der Waals surface area contributed by atoms with Crippen molar-refractivity contribution < 1.29 is 15.0 Å². The van der Waals surface area contributed by atoms with Crippen LogP contribution in [0.1, 0.15) is 51.4 Å². The van der Waals surface area contributed by atoms with Crippen molar-refractivity contribution in [1.29, 1.82) is 5.26 Å². The lowest BCUT2D eigenvalue weighted by Gasteiger charge is -2.64. The topological polar surface area (TPSA) is 111 Å². The van der Waals surface area contributed by atoms with E-state index in [0.29, 0.717) is 38.0 Å². The van der Waals surface area contributed by atoms with Crippen LogP contribution in [0.25, 0.3) is 0 Å². The summed E-state index contributed by atoms with van der Waals surface area (Å²) >= 11 is 0. The summed E-state index contributed by atoms with van der Waals surface area (Å²) < 4.78 is 0. The molecule has 8 atom stereocenters. The van der Waals surface area contributed by atoms with Crippen molar-refractivity contribution in [2.45, 2.75) is 80.7 Å². The van der Waals surface area contributed by atoms with Crippen LogP contribution in [0.2, 0.25) is 0 Å². The molecule has 0 aromatic heterocycles. The molecule has 0 aromatic rings. The molecule has 0 spiro atoms. The fraction of sp³-hybridized carbons (Fsp3) is 0.889. The molecule has 6 fully saturated rings. The predicted octanol–water partition coefficient (Wildman–Crippen LogP) is 0.273. The first kappa shape index (κ1) is 15.1. The van der Waals surface area contributed by atoms with Crippen molar-refractivity contribution >= 4 is 5.91 Å². The number of rotatable bonds is 2. The van der Waals surface area contributed by atoms with Gasteiger partial charge in [-0.15, -0.1) is 0 Å². The molecule has 130 valence electrons. The maximum absolute atomic E-state index is 13.2. The van der Waals surface area contributed by atoms with Gasteiger partial charge in [0, 0.05) is 17.9 Å². The first-order valence-corrected chi connectivity index (χ1v) is 9.19. The molecule has 1 saturated heterocycles. The summed E-state index contributed by atoms with van der Waals surface area (Å²) in [6.45, 7) is 0. The Labute approximate surface area is 141 Å². The quantitative estimate of drug-likeness (QED) is 0.673. The van der Waals surface area contributed by atoms with Crippen LogP contribution >= 0.6 is 0 Å². The fourth-order valence-electron chi connectivity index (χ4n) is 7.07. The van der Waals surface area contributed by atoms with E-state index in [4.69, 9.17) is 5.73 Å². The number of carbonyl (C=O) groups excluding carboxylic acids is 1.